The van der Waals surface area contributed by atoms with Crippen LogP contribution in [0.2, 0.25) is 0 Å². The smallest absolute Gasteiger partial charge is 0.0343 e. The minimum absolute atomic E-state index is 0.652. The van der Waals surface area contributed by atoms with Gasteiger partial charge in [-0.1, -0.05) is 6.08 Å². The lowest BCUT2D eigenvalue weighted by molar-refractivity contribution is 0.517. The predicted molar refractivity (Wildman–Crippen MR) is 38.6 cm³/mol. The topological polar surface area (TPSA) is 3.24 Å². The SMILES string of the molecule is CC(C)N1C=CCS1. The van der Waals surface area contributed by atoms with Crippen LogP contribution in [0.15, 0.2) is 12.3 Å². The van der Waals surface area contributed by atoms with Gasteiger partial charge in [0.05, 0.1) is 0 Å². The van der Waals surface area contributed by atoms with Gasteiger partial charge in [-0.25, -0.2) is 0 Å². The first-order valence-electron chi connectivity index (χ1n) is 2.88. The van der Waals surface area contributed by atoms with Crippen molar-refractivity contribution < 1.29 is 0 Å². The van der Waals surface area contributed by atoms with Crippen LogP contribution < -0.4 is 0 Å². The number of rotatable bonds is 1. The van der Waals surface area contributed by atoms with Crippen LogP contribution in [0.3, 0.4) is 0 Å². The molecule has 8 heavy (non-hydrogen) atoms. The summed E-state index contributed by atoms with van der Waals surface area (Å²) in [6, 6.07) is 0.652. The van der Waals surface area contributed by atoms with Gasteiger partial charge in [-0.2, -0.15) is 0 Å². The molecule has 0 aliphatic carbocycles. The fourth-order valence-electron chi connectivity index (χ4n) is 0.640. The summed E-state index contributed by atoms with van der Waals surface area (Å²) in [5, 5.41) is 0. The highest BCUT2D eigenvalue weighted by Crippen LogP contribution is 2.19. The first-order chi connectivity index (χ1) is 3.80. The van der Waals surface area contributed by atoms with Crippen molar-refractivity contribution in [3.8, 4) is 0 Å². The highest BCUT2D eigenvalue weighted by Gasteiger charge is 2.06. The van der Waals surface area contributed by atoms with E-state index in [1.165, 1.54) is 0 Å². The zero-order valence-electron chi connectivity index (χ0n) is 5.29. The molecule has 0 saturated carbocycles. The molecular formula is C6H11NS. The third kappa shape index (κ3) is 1.19. The van der Waals surface area contributed by atoms with E-state index in [9.17, 15) is 0 Å². The van der Waals surface area contributed by atoms with Crippen molar-refractivity contribution in [3.63, 3.8) is 0 Å². The summed E-state index contributed by atoms with van der Waals surface area (Å²) in [6.45, 7) is 4.39. The second-order valence-electron chi connectivity index (χ2n) is 2.13. The second-order valence-corrected chi connectivity index (χ2v) is 3.15. The van der Waals surface area contributed by atoms with Crippen LogP contribution in [0.1, 0.15) is 13.8 Å². The average molecular weight is 129 g/mol. The van der Waals surface area contributed by atoms with Crippen LogP contribution in [-0.4, -0.2) is 16.1 Å². The largest absolute Gasteiger partial charge is 0.321 e. The Morgan fingerprint density at radius 3 is 2.62 bits per heavy atom. The molecule has 0 bridgehead atoms. The van der Waals surface area contributed by atoms with Crippen LogP contribution in [0.5, 0.6) is 0 Å². The van der Waals surface area contributed by atoms with Crippen molar-refractivity contribution >= 4 is 11.9 Å². The van der Waals surface area contributed by atoms with Gasteiger partial charge < -0.3 is 4.31 Å². The third-order valence-electron chi connectivity index (χ3n) is 1.08. The van der Waals surface area contributed by atoms with Crippen molar-refractivity contribution in [2.45, 2.75) is 19.9 Å². The first kappa shape index (κ1) is 6.02. The van der Waals surface area contributed by atoms with Crippen LogP contribution in [-0.2, 0) is 0 Å². The average Bonchev–Trinajstić information content (AvgIpc) is 2.12. The monoisotopic (exact) mass is 129 g/mol. The molecule has 1 rings (SSSR count). The molecule has 0 aromatic carbocycles. The summed E-state index contributed by atoms with van der Waals surface area (Å²) in [5.74, 6) is 1.15. The predicted octanol–water partition coefficient (Wildman–Crippen LogP) is 1.87. The molecule has 2 heteroatoms. The van der Waals surface area contributed by atoms with Crippen LogP contribution in [0.25, 0.3) is 0 Å². The first-order valence-corrected chi connectivity index (χ1v) is 3.83. The lowest BCUT2D eigenvalue weighted by atomic mass is 10.4. The molecule has 0 fully saturated rings. The van der Waals surface area contributed by atoms with Crippen molar-refractivity contribution in [3.05, 3.63) is 12.3 Å². The quantitative estimate of drug-likeness (QED) is 0.497. The summed E-state index contributed by atoms with van der Waals surface area (Å²) < 4.78 is 2.26. The van der Waals surface area contributed by atoms with Crippen molar-refractivity contribution in [2.24, 2.45) is 0 Å². The number of nitrogens with zero attached hydrogens (tertiary/aromatic N) is 1. The second kappa shape index (κ2) is 2.44. The van der Waals surface area contributed by atoms with Gasteiger partial charge in [0, 0.05) is 18.0 Å². The molecular weight excluding hydrogens is 118 g/mol. The molecule has 0 saturated heterocycles. The molecule has 46 valence electrons. The number of hydrogen-bond donors (Lipinski definition) is 0. The van der Waals surface area contributed by atoms with E-state index >= 15 is 0 Å². The minimum atomic E-state index is 0.652. The molecule has 0 N–H and O–H groups in total. The number of hydrogen-bond acceptors (Lipinski definition) is 2. The zero-order valence-corrected chi connectivity index (χ0v) is 6.11. The van der Waals surface area contributed by atoms with E-state index < -0.39 is 0 Å². The Morgan fingerprint density at radius 1 is 1.62 bits per heavy atom. The Bertz CT molecular complexity index is 98.7. The van der Waals surface area contributed by atoms with Gasteiger partial charge in [-0.15, -0.1) is 0 Å². The molecule has 0 aromatic heterocycles. The minimum Gasteiger partial charge on any atom is -0.321 e. The van der Waals surface area contributed by atoms with E-state index in [1.54, 1.807) is 0 Å². The molecule has 1 aliphatic heterocycles. The Morgan fingerprint density at radius 2 is 2.38 bits per heavy atom. The fraction of sp³-hybridized carbons (Fsp3) is 0.667. The van der Waals surface area contributed by atoms with Crippen molar-refractivity contribution in [1.29, 1.82) is 0 Å². The molecule has 1 nitrogen and oxygen atoms in total. The molecule has 0 unspecified atom stereocenters. The normalized spacial score (nSPS) is 18.6. The fourth-order valence-corrected chi connectivity index (χ4v) is 1.45. The Kier molecular flexibility index (Phi) is 1.84. The standard InChI is InChI=1S/C6H11NS/c1-6(2)7-4-3-5-8-7/h3-4,6H,5H2,1-2H3. The molecule has 0 atom stereocenters. The molecule has 0 amide bonds. The van der Waals surface area contributed by atoms with Gasteiger partial charge in [0.15, 0.2) is 0 Å². The highest BCUT2D eigenvalue weighted by molar-refractivity contribution is 7.97. The van der Waals surface area contributed by atoms with Crippen molar-refractivity contribution in [1.82, 2.24) is 4.31 Å². The maximum Gasteiger partial charge on any atom is 0.0343 e. The summed E-state index contributed by atoms with van der Waals surface area (Å²) in [6.07, 6.45) is 4.33. The molecule has 0 spiro atoms. The van der Waals surface area contributed by atoms with Gasteiger partial charge in [-0.3, -0.25) is 0 Å². The maximum atomic E-state index is 2.26. The van der Waals surface area contributed by atoms with E-state index in [-0.39, 0.29) is 0 Å². The highest BCUT2D eigenvalue weighted by atomic mass is 32.2. The van der Waals surface area contributed by atoms with Gasteiger partial charge in [0.25, 0.3) is 0 Å². The van der Waals surface area contributed by atoms with Crippen LogP contribution >= 0.6 is 11.9 Å². The van der Waals surface area contributed by atoms with Crippen LogP contribution in [0, 0.1) is 0 Å². The van der Waals surface area contributed by atoms with E-state index in [0.29, 0.717) is 6.04 Å². The van der Waals surface area contributed by atoms with E-state index in [0.717, 1.165) is 5.75 Å². The van der Waals surface area contributed by atoms with E-state index in [1.807, 2.05) is 11.9 Å². The molecule has 1 heterocycles. The Labute approximate surface area is 54.9 Å². The van der Waals surface area contributed by atoms with Gasteiger partial charge >= 0.3 is 0 Å². The zero-order chi connectivity index (χ0) is 5.98. The summed E-state index contributed by atoms with van der Waals surface area (Å²) >= 11 is 1.87. The summed E-state index contributed by atoms with van der Waals surface area (Å²) in [7, 11) is 0. The lowest BCUT2D eigenvalue weighted by Gasteiger charge is -2.17. The third-order valence-corrected chi connectivity index (χ3v) is 2.26. The van der Waals surface area contributed by atoms with Crippen LogP contribution in [0.4, 0.5) is 0 Å². The van der Waals surface area contributed by atoms with Gasteiger partial charge in [-0.05, 0) is 25.8 Å². The molecule has 0 aromatic rings. The van der Waals surface area contributed by atoms with E-state index in [2.05, 4.69) is 30.4 Å². The van der Waals surface area contributed by atoms with Crippen molar-refractivity contribution in [2.75, 3.05) is 5.75 Å². The van der Waals surface area contributed by atoms with E-state index in [4.69, 9.17) is 0 Å². The summed E-state index contributed by atoms with van der Waals surface area (Å²) in [4.78, 5) is 0. The maximum absolute atomic E-state index is 2.26. The lowest BCUT2D eigenvalue weighted by Crippen LogP contribution is -2.14. The Balaban J connectivity index is 2.36. The van der Waals surface area contributed by atoms with Gasteiger partial charge in [0.1, 0.15) is 0 Å². The summed E-state index contributed by atoms with van der Waals surface area (Å²) in [5.41, 5.74) is 0. The molecule has 0 radical (unpaired) electrons. The van der Waals surface area contributed by atoms with Gasteiger partial charge in [0.2, 0.25) is 0 Å². The Hall–Kier alpha value is -0.110. The molecule has 1 aliphatic rings.